The molecule has 0 aromatic carbocycles. The van der Waals surface area contributed by atoms with E-state index in [0.29, 0.717) is 0 Å². The highest BCUT2D eigenvalue weighted by atomic mass is 15.0. The van der Waals surface area contributed by atoms with Crippen LogP contribution in [0.3, 0.4) is 0 Å². The number of aromatic nitrogens is 2. The first-order valence-electron chi connectivity index (χ1n) is 4.08. The number of hydrogen-bond acceptors (Lipinski definition) is 2. The molecular weight excluding hydrogens is 138 g/mol. The first-order valence-corrected chi connectivity index (χ1v) is 4.08. The maximum absolute atomic E-state index is 4.22. The van der Waals surface area contributed by atoms with Crippen LogP contribution >= 0.6 is 0 Å². The highest BCUT2D eigenvalue weighted by Crippen LogP contribution is 1.94. The van der Waals surface area contributed by atoms with E-state index in [1.807, 2.05) is 6.33 Å². The molecule has 1 rings (SSSR count). The fraction of sp³-hybridized carbons (Fsp3) is 0.625. The third kappa shape index (κ3) is 2.35. The van der Waals surface area contributed by atoms with Gasteiger partial charge < -0.3 is 9.88 Å². The summed E-state index contributed by atoms with van der Waals surface area (Å²) >= 11 is 0. The van der Waals surface area contributed by atoms with Crippen LogP contribution in [0.1, 0.15) is 19.5 Å². The van der Waals surface area contributed by atoms with Crippen molar-refractivity contribution in [1.29, 1.82) is 0 Å². The van der Waals surface area contributed by atoms with Gasteiger partial charge in [0.05, 0.1) is 12.0 Å². The van der Waals surface area contributed by atoms with E-state index in [0.717, 1.165) is 25.3 Å². The lowest BCUT2D eigenvalue weighted by Crippen LogP contribution is -2.11. The Labute approximate surface area is 67.4 Å². The molecule has 0 atom stereocenters. The Bertz CT molecular complexity index is 205. The van der Waals surface area contributed by atoms with E-state index < -0.39 is 0 Å². The van der Waals surface area contributed by atoms with Gasteiger partial charge in [-0.25, -0.2) is 4.98 Å². The van der Waals surface area contributed by atoms with E-state index >= 15 is 0 Å². The van der Waals surface area contributed by atoms with Crippen molar-refractivity contribution in [3.8, 4) is 0 Å². The minimum Gasteiger partial charge on any atom is -0.337 e. The van der Waals surface area contributed by atoms with Crippen LogP contribution in [-0.2, 0) is 13.1 Å². The molecular formula is C8H15N3. The summed E-state index contributed by atoms with van der Waals surface area (Å²) < 4.78 is 2.08. The molecule has 0 amide bonds. The quantitative estimate of drug-likeness (QED) is 0.699. The fourth-order valence-corrected chi connectivity index (χ4v) is 0.924. The fourth-order valence-electron chi connectivity index (χ4n) is 0.924. The van der Waals surface area contributed by atoms with Gasteiger partial charge in [-0.15, -0.1) is 0 Å². The Balaban J connectivity index is 2.44. The normalized spacial score (nSPS) is 10.4. The van der Waals surface area contributed by atoms with Crippen LogP contribution in [0.25, 0.3) is 0 Å². The highest BCUT2D eigenvalue weighted by molar-refractivity contribution is 4.95. The zero-order valence-electron chi connectivity index (χ0n) is 7.17. The third-order valence-electron chi connectivity index (χ3n) is 1.61. The number of rotatable bonds is 4. The van der Waals surface area contributed by atoms with Gasteiger partial charge in [0.2, 0.25) is 0 Å². The van der Waals surface area contributed by atoms with Crippen molar-refractivity contribution in [3.05, 3.63) is 18.2 Å². The van der Waals surface area contributed by atoms with Crippen LogP contribution in [0.5, 0.6) is 0 Å². The van der Waals surface area contributed by atoms with Gasteiger partial charge >= 0.3 is 0 Å². The molecule has 0 spiro atoms. The van der Waals surface area contributed by atoms with E-state index in [2.05, 4.69) is 34.9 Å². The van der Waals surface area contributed by atoms with E-state index in [-0.39, 0.29) is 0 Å². The molecule has 0 fully saturated rings. The molecule has 0 bridgehead atoms. The van der Waals surface area contributed by atoms with E-state index in [1.165, 1.54) is 0 Å². The van der Waals surface area contributed by atoms with Crippen LogP contribution in [0.2, 0.25) is 0 Å². The largest absolute Gasteiger partial charge is 0.337 e. The van der Waals surface area contributed by atoms with Crippen molar-refractivity contribution in [1.82, 2.24) is 14.9 Å². The topological polar surface area (TPSA) is 29.9 Å². The van der Waals surface area contributed by atoms with Crippen molar-refractivity contribution in [2.75, 3.05) is 6.54 Å². The Morgan fingerprint density at radius 3 is 2.91 bits per heavy atom. The summed E-state index contributed by atoms with van der Waals surface area (Å²) in [6.07, 6.45) is 3.94. The Kier molecular flexibility index (Phi) is 3.11. The van der Waals surface area contributed by atoms with Crippen molar-refractivity contribution in [2.24, 2.45) is 0 Å². The second-order valence-electron chi connectivity index (χ2n) is 2.48. The van der Waals surface area contributed by atoms with Crippen LogP contribution in [0, 0.1) is 0 Å². The molecule has 3 nitrogen and oxygen atoms in total. The molecule has 1 N–H and O–H groups in total. The first kappa shape index (κ1) is 8.27. The Morgan fingerprint density at radius 1 is 1.55 bits per heavy atom. The van der Waals surface area contributed by atoms with Crippen molar-refractivity contribution in [3.63, 3.8) is 0 Å². The monoisotopic (exact) mass is 153 g/mol. The van der Waals surface area contributed by atoms with Gasteiger partial charge in [0.15, 0.2) is 0 Å². The van der Waals surface area contributed by atoms with Crippen molar-refractivity contribution < 1.29 is 0 Å². The minimum atomic E-state index is 0.878. The summed E-state index contributed by atoms with van der Waals surface area (Å²) in [6.45, 7) is 7.08. The molecule has 1 aromatic heterocycles. The van der Waals surface area contributed by atoms with E-state index in [4.69, 9.17) is 0 Å². The molecule has 0 aliphatic carbocycles. The molecule has 1 aromatic rings. The average molecular weight is 153 g/mol. The zero-order chi connectivity index (χ0) is 8.10. The molecule has 62 valence electrons. The number of aryl methyl sites for hydroxylation is 1. The smallest absolute Gasteiger partial charge is 0.0949 e. The Morgan fingerprint density at radius 2 is 2.36 bits per heavy atom. The van der Waals surface area contributed by atoms with Gasteiger partial charge in [-0.2, -0.15) is 0 Å². The van der Waals surface area contributed by atoms with Crippen LogP contribution in [0.15, 0.2) is 12.5 Å². The van der Waals surface area contributed by atoms with Gasteiger partial charge in [-0.3, -0.25) is 0 Å². The van der Waals surface area contributed by atoms with Gasteiger partial charge in [-0.05, 0) is 13.5 Å². The molecule has 0 saturated carbocycles. The van der Waals surface area contributed by atoms with Gasteiger partial charge in [0, 0.05) is 19.3 Å². The molecule has 0 radical (unpaired) electrons. The molecule has 0 aliphatic heterocycles. The van der Waals surface area contributed by atoms with Crippen LogP contribution in [-0.4, -0.2) is 16.1 Å². The Hall–Kier alpha value is -0.830. The standard InChI is InChI=1S/C8H15N3/c1-3-9-5-8-6-11(4-2)7-10-8/h6-7,9H,3-5H2,1-2H3. The summed E-state index contributed by atoms with van der Waals surface area (Å²) in [7, 11) is 0. The summed E-state index contributed by atoms with van der Waals surface area (Å²) in [5.41, 5.74) is 1.12. The summed E-state index contributed by atoms with van der Waals surface area (Å²) in [4.78, 5) is 4.22. The molecule has 3 heteroatoms. The second kappa shape index (κ2) is 4.13. The maximum Gasteiger partial charge on any atom is 0.0949 e. The lowest BCUT2D eigenvalue weighted by Gasteiger charge is -1.95. The molecule has 0 saturated heterocycles. The predicted molar refractivity (Wildman–Crippen MR) is 45.3 cm³/mol. The zero-order valence-corrected chi connectivity index (χ0v) is 7.17. The summed E-state index contributed by atoms with van der Waals surface area (Å²) in [5, 5.41) is 3.23. The van der Waals surface area contributed by atoms with Gasteiger partial charge in [-0.1, -0.05) is 6.92 Å². The highest BCUT2D eigenvalue weighted by Gasteiger charge is 1.94. The molecule has 0 aliphatic rings. The minimum absolute atomic E-state index is 0.878. The van der Waals surface area contributed by atoms with Gasteiger partial charge in [0.25, 0.3) is 0 Å². The first-order chi connectivity index (χ1) is 5.36. The van der Waals surface area contributed by atoms with E-state index in [9.17, 15) is 0 Å². The average Bonchev–Trinajstić information content (AvgIpc) is 2.48. The summed E-state index contributed by atoms with van der Waals surface area (Å²) in [5.74, 6) is 0. The SMILES string of the molecule is CCNCc1cn(CC)cn1. The number of nitrogens with one attached hydrogen (secondary N) is 1. The van der Waals surface area contributed by atoms with Crippen LogP contribution in [0.4, 0.5) is 0 Å². The van der Waals surface area contributed by atoms with Crippen molar-refractivity contribution in [2.45, 2.75) is 26.9 Å². The number of imidazole rings is 1. The van der Waals surface area contributed by atoms with E-state index in [1.54, 1.807) is 0 Å². The van der Waals surface area contributed by atoms with Crippen LogP contribution < -0.4 is 5.32 Å². The predicted octanol–water partition coefficient (Wildman–Crippen LogP) is 1.01. The summed E-state index contributed by atoms with van der Waals surface area (Å²) in [6, 6.07) is 0. The maximum atomic E-state index is 4.22. The molecule has 1 heterocycles. The molecule has 0 unspecified atom stereocenters. The third-order valence-corrected chi connectivity index (χ3v) is 1.61. The number of hydrogen-bond donors (Lipinski definition) is 1. The lowest BCUT2D eigenvalue weighted by molar-refractivity contribution is 0.710. The molecule has 11 heavy (non-hydrogen) atoms. The second-order valence-corrected chi connectivity index (χ2v) is 2.48. The van der Waals surface area contributed by atoms with Crippen molar-refractivity contribution >= 4 is 0 Å². The van der Waals surface area contributed by atoms with Gasteiger partial charge in [0.1, 0.15) is 0 Å². The lowest BCUT2D eigenvalue weighted by atomic mass is 10.4. The number of nitrogens with zero attached hydrogens (tertiary/aromatic N) is 2.